The van der Waals surface area contributed by atoms with E-state index >= 15 is 0 Å². The minimum atomic E-state index is -0.453. The summed E-state index contributed by atoms with van der Waals surface area (Å²) in [5.74, 6) is -0.442. The van der Waals surface area contributed by atoms with Crippen LogP contribution in [0.3, 0.4) is 0 Å². The Morgan fingerprint density at radius 1 is 1.21 bits per heavy atom. The Kier molecular flexibility index (Phi) is 8.39. The fourth-order valence-corrected chi connectivity index (χ4v) is 1.95. The Balaban J connectivity index is 4.34. The number of primary amides is 1. The Morgan fingerprint density at radius 3 is 2.32 bits per heavy atom. The molecule has 5 nitrogen and oxygen atoms in total. The summed E-state index contributed by atoms with van der Waals surface area (Å²) >= 11 is 0. The van der Waals surface area contributed by atoms with Gasteiger partial charge in [-0.1, -0.05) is 27.2 Å². The standard InChI is InChI=1S/C14H29N3O2/c1-4-5-10-17(11-12(16)18)13(19)6-7-14(2,3)8-9-15/h4-11,15H2,1-3H3,(H2,16,18). The number of hydrogen-bond donors (Lipinski definition) is 2. The largest absolute Gasteiger partial charge is 0.368 e. The van der Waals surface area contributed by atoms with Crippen molar-refractivity contribution >= 4 is 11.8 Å². The first-order chi connectivity index (χ1) is 8.82. The van der Waals surface area contributed by atoms with Crippen molar-refractivity contribution in [1.82, 2.24) is 4.90 Å². The van der Waals surface area contributed by atoms with Crippen molar-refractivity contribution in [2.75, 3.05) is 19.6 Å². The highest BCUT2D eigenvalue weighted by Crippen LogP contribution is 2.26. The summed E-state index contributed by atoms with van der Waals surface area (Å²) in [6, 6.07) is 0. The molecular formula is C14H29N3O2. The average Bonchev–Trinajstić information content (AvgIpc) is 2.31. The van der Waals surface area contributed by atoms with Gasteiger partial charge in [-0.3, -0.25) is 9.59 Å². The monoisotopic (exact) mass is 271 g/mol. The van der Waals surface area contributed by atoms with Crippen molar-refractivity contribution in [1.29, 1.82) is 0 Å². The van der Waals surface area contributed by atoms with Gasteiger partial charge in [-0.15, -0.1) is 0 Å². The van der Waals surface area contributed by atoms with Crippen LogP contribution in [-0.4, -0.2) is 36.3 Å². The normalized spacial score (nSPS) is 11.4. The van der Waals surface area contributed by atoms with Crippen molar-refractivity contribution in [3.8, 4) is 0 Å². The third kappa shape index (κ3) is 8.59. The lowest BCUT2D eigenvalue weighted by molar-refractivity contribution is -0.135. The summed E-state index contributed by atoms with van der Waals surface area (Å²) in [6.07, 6.45) is 4.01. The topological polar surface area (TPSA) is 89.4 Å². The predicted molar refractivity (Wildman–Crippen MR) is 77.4 cm³/mol. The molecule has 0 spiro atoms. The van der Waals surface area contributed by atoms with Gasteiger partial charge >= 0.3 is 0 Å². The van der Waals surface area contributed by atoms with Crippen molar-refractivity contribution in [3.05, 3.63) is 0 Å². The fourth-order valence-electron chi connectivity index (χ4n) is 1.95. The van der Waals surface area contributed by atoms with Gasteiger partial charge in [0.05, 0.1) is 6.54 Å². The molecule has 5 heteroatoms. The SMILES string of the molecule is CCCCN(CC(N)=O)C(=O)CCC(C)(C)CCN. The minimum Gasteiger partial charge on any atom is -0.368 e. The number of nitrogens with two attached hydrogens (primary N) is 2. The molecule has 0 unspecified atom stereocenters. The first-order valence-corrected chi connectivity index (χ1v) is 7.08. The molecule has 0 saturated carbocycles. The number of unbranched alkanes of at least 4 members (excludes halogenated alkanes) is 1. The van der Waals surface area contributed by atoms with E-state index in [9.17, 15) is 9.59 Å². The molecule has 0 fully saturated rings. The van der Waals surface area contributed by atoms with E-state index in [0.29, 0.717) is 19.5 Å². The molecule has 19 heavy (non-hydrogen) atoms. The van der Waals surface area contributed by atoms with Crippen LogP contribution in [0.15, 0.2) is 0 Å². The van der Waals surface area contributed by atoms with Crippen LogP contribution in [0.4, 0.5) is 0 Å². The first-order valence-electron chi connectivity index (χ1n) is 7.08. The highest BCUT2D eigenvalue weighted by atomic mass is 16.2. The molecular weight excluding hydrogens is 242 g/mol. The molecule has 2 amide bonds. The number of carbonyl (C=O) groups is 2. The maximum absolute atomic E-state index is 12.1. The predicted octanol–water partition coefficient (Wildman–Crippen LogP) is 1.26. The number of amides is 2. The second-order valence-corrected chi connectivity index (χ2v) is 5.84. The molecule has 0 radical (unpaired) electrons. The van der Waals surface area contributed by atoms with E-state index in [0.717, 1.165) is 25.7 Å². The second-order valence-electron chi connectivity index (χ2n) is 5.84. The highest BCUT2D eigenvalue weighted by molar-refractivity contribution is 5.83. The Labute approximate surface area is 116 Å². The molecule has 0 atom stereocenters. The van der Waals surface area contributed by atoms with Gasteiger partial charge in [0.1, 0.15) is 0 Å². The number of carbonyl (C=O) groups excluding carboxylic acids is 2. The van der Waals surface area contributed by atoms with Crippen LogP contribution < -0.4 is 11.5 Å². The Bertz CT molecular complexity index is 290. The van der Waals surface area contributed by atoms with Crippen LogP contribution in [-0.2, 0) is 9.59 Å². The van der Waals surface area contributed by atoms with Crippen molar-refractivity contribution in [2.24, 2.45) is 16.9 Å². The van der Waals surface area contributed by atoms with E-state index in [4.69, 9.17) is 11.5 Å². The van der Waals surface area contributed by atoms with Crippen LogP contribution in [0.5, 0.6) is 0 Å². The Morgan fingerprint density at radius 2 is 1.84 bits per heavy atom. The van der Waals surface area contributed by atoms with E-state index in [1.54, 1.807) is 4.90 Å². The van der Waals surface area contributed by atoms with Gasteiger partial charge in [0, 0.05) is 13.0 Å². The van der Waals surface area contributed by atoms with E-state index in [-0.39, 0.29) is 17.9 Å². The zero-order chi connectivity index (χ0) is 14.9. The second kappa shape index (κ2) is 8.91. The van der Waals surface area contributed by atoms with Gasteiger partial charge in [0.15, 0.2) is 0 Å². The number of hydrogen-bond acceptors (Lipinski definition) is 3. The summed E-state index contributed by atoms with van der Waals surface area (Å²) in [6.45, 7) is 7.53. The molecule has 0 bridgehead atoms. The summed E-state index contributed by atoms with van der Waals surface area (Å²) in [7, 11) is 0. The lowest BCUT2D eigenvalue weighted by atomic mass is 9.84. The lowest BCUT2D eigenvalue weighted by Crippen LogP contribution is -2.39. The van der Waals surface area contributed by atoms with E-state index < -0.39 is 5.91 Å². The molecule has 0 aromatic rings. The van der Waals surface area contributed by atoms with Crippen molar-refractivity contribution in [3.63, 3.8) is 0 Å². The maximum atomic E-state index is 12.1. The third-order valence-corrected chi connectivity index (χ3v) is 3.32. The van der Waals surface area contributed by atoms with Gasteiger partial charge < -0.3 is 16.4 Å². The zero-order valence-corrected chi connectivity index (χ0v) is 12.6. The van der Waals surface area contributed by atoms with Crippen LogP contribution in [0.1, 0.15) is 52.9 Å². The first kappa shape index (κ1) is 17.9. The van der Waals surface area contributed by atoms with E-state index in [2.05, 4.69) is 20.8 Å². The molecule has 0 rings (SSSR count). The number of nitrogens with zero attached hydrogens (tertiary/aromatic N) is 1. The molecule has 0 aromatic carbocycles. The smallest absolute Gasteiger partial charge is 0.237 e. The van der Waals surface area contributed by atoms with Gasteiger partial charge in [-0.25, -0.2) is 0 Å². The van der Waals surface area contributed by atoms with Crippen LogP contribution in [0.25, 0.3) is 0 Å². The van der Waals surface area contributed by atoms with Gasteiger partial charge in [0.25, 0.3) is 0 Å². The molecule has 0 saturated heterocycles. The van der Waals surface area contributed by atoms with Gasteiger partial charge in [-0.2, -0.15) is 0 Å². The fraction of sp³-hybridized carbons (Fsp3) is 0.857. The van der Waals surface area contributed by atoms with Crippen LogP contribution in [0.2, 0.25) is 0 Å². The van der Waals surface area contributed by atoms with Crippen molar-refractivity contribution in [2.45, 2.75) is 52.9 Å². The zero-order valence-electron chi connectivity index (χ0n) is 12.6. The molecule has 0 aliphatic carbocycles. The van der Waals surface area contributed by atoms with Gasteiger partial charge in [-0.05, 0) is 31.2 Å². The van der Waals surface area contributed by atoms with Crippen LogP contribution >= 0.6 is 0 Å². The summed E-state index contributed by atoms with van der Waals surface area (Å²) in [5.41, 5.74) is 10.8. The Hall–Kier alpha value is -1.10. The number of rotatable bonds is 10. The average molecular weight is 271 g/mol. The lowest BCUT2D eigenvalue weighted by Gasteiger charge is -2.26. The van der Waals surface area contributed by atoms with Crippen LogP contribution in [0, 0.1) is 5.41 Å². The summed E-state index contributed by atoms with van der Waals surface area (Å²) in [4.78, 5) is 24.7. The summed E-state index contributed by atoms with van der Waals surface area (Å²) < 4.78 is 0. The van der Waals surface area contributed by atoms with E-state index in [1.165, 1.54) is 0 Å². The maximum Gasteiger partial charge on any atom is 0.237 e. The van der Waals surface area contributed by atoms with E-state index in [1.807, 2.05) is 0 Å². The molecule has 0 aromatic heterocycles. The van der Waals surface area contributed by atoms with Gasteiger partial charge in [0.2, 0.25) is 11.8 Å². The molecule has 112 valence electrons. The molecule has 4 N–H and O–H groups in total. The highest BCUT2D eigenvalue weighted by Gasteiger charge is 2.21. The summed E-state index contributed by atoms with van der Waals surface area (Å²) in [5, 5.41) is 0. The minimum absolute atomic E-state index is 0.0114. The molecule has 0 heterocycles. The third-order valence-electron chi connectivity index (χ3n) is 3.32. The van der Waals surface area contributed by atoms with Crippen molar-refractivity contribution < 1.29 is 9.59 Å². The quantitative estimate of drug-likeness (QED) is 0.626. The molecule has 0 aliphatic heterocycles. The molecule has 0 aliphatic rings.